The highest BCUT2D eigenvalue weighted by Gasteiger charge is 2.24. The quantitative estimate of drug-likeness (QED) is 0.566. The SMILES string of the molecule is Cn1c2ccc([N+](=O)[O-])cc2c2c(C(=O)O)c(C(=O)O)ccc21. The monoisotopic (exact) mass is 314 g/mol. The lowest BCUT2D eigenvalue weighted by Gasteiger charge is -2.04. The summed E-state index contributed by atoms with van der Waals surface area (Å²) in [6.45, 7) is 0. The van der Waals surface area contributed by atoms with Crippen molar-refractivity contribution in [1.82, 2.24) is 4.57 Å². The standard InChI is InChI=1S/C15H10N2O6/c1-16-10-4-2-7(17(22)23)6-9(10)12-11(16)5-3-8(14(18)19)13(12)15(20)21/h2-6H,1H3,(H,18,19)(H,20,21). The maximum atomic E-state index is 11.6. The summed E-state index contributed by atoms with van der Waals surface area (Å²) in [6.07, 6.45) is 0. The van der Waals surface area contributed by atoms with E-state index in [0.717, 1.165) is 0 Å². The summed E-state index contributed by atoms with van der Waals surface area (Å²) in [6, 6.07) is 6.81. The van der Waals surface area contributed by atoms with Crippen LogP contribution in [0.15, 0.2) is 30.3 Å². The van der Waals surface area contributed by atoms with Crippen LogP contribution in [0.2, 0.25) is 0 Å². The van der Waals surface area contributed by atoms with Crippen molar-refractivity contribution >= 4 is 39.4 Å². The molecule has 1 heterocycles. The largest absolute Gasteiger partial charge is 0.478 e. The summed E-state index contributed by atoms with van der Waals surface area (Å²) < 4.78 is 1.67. The first kappa shape index (κ1) is 14.5. The normalized spacial score (nSPS) is 11.0. The van der Waals surface area contributed by atoms with Crippen LogP contribution in [0.25, 0.3) is 21.8 Å². The van der Waals surface area contributed by atoms with Crippen molar-refractivity contribution in [3.8, 4) is 0 Å². The number of fused-ring (bicyclic) bond motifs is 3. The van der Waals surface area contributed by atoms with Gasteiger partial charge in [-0.1, -0.05) is 0 Å². The molecule has 3 aromatic rings. The van der Waals surface area contributed by atoms with Crippen molar-refractivity contribution in [3.05, 3.63) is 51.6 Å². The molecule has 0 saturated heterocycles. The first-order valence-electron chi connectivity index (χ1n) is 6.49. The van der Waals surface area contributed by atoms with Gasteiger partial charge in [-0.2, -0.15) is 0 Å². The number of nitro groups is 1. The van der Waals surface area contributed by atoms with Crippen molar-refractivity contribution in [1.29, 1.82) is 0 Å². The predicted molar refractivity (Wildman–Crippen MR) is 81.0 cm³/mol. The number of aromatic nitrogens is 1. The number of nitrogens with zero attached hydrogens (tertiary/aromatic N) is 2. The van der Waals surface area contributed by atoms with Gasteiger partial charge in [-0.3, -0.25) is 10.1 Å². The minimum atomic E-state index is -1.40. The molecule has 0 aliphatic rings. The number of hydrogen-bond acceptors (Lipinski definition) is 4. The van der Waals surface area contributed by atoms with E-state index >= 15 is 0 Å². The molecule has 8 nitrogen and oxygen atoms in total. The number of nitro benzene ring substituents is 1. The number of rotatable bonds is 3. The van der Waals surface area contributed by atoms with Gasteiger partial charge < -0.3 is 14.8 Å². The number of carboxylic acid groups (broad SMARTS) is 2. The summed E-state index contributed by atoms with van der Waals surface area (Å²) in [7, 11) is 1.68. The molecule has 3 rings (SSSR count). The summed E-state index contributed by atoms with van der Waals surface area (Å²) in [5, 5.41) is 30.2. The molecule has 0 radical (unpaired) electrons. The Bertz CT molecular complexity index is 1020. The van der Waals surface area contributed by atoms with Crippen LogP contribution in [-0.4, -0.2) is 31.6 Å². The Labute approximate surface area is 128 Å². The minimum absolute atomic E-state index is 0.179. The average molecular weight is 314 g/mol. The maximum absolute atomic E-state index is 11.6. The molecule has 0 aliphatic carbocycles. The number of carbonyl (C=O) groups is 2. The van der Waals surface area contributed by atoms with Crippen LogP contribution in [0.5, 0.6) is 0 Å². The smallest absolute Gasteiger partial charge is 0.337 e. The van der Waals surface area contributed by atoms with E-state index in [0.29, 0.717) is 16.4 Å². The number of aromatic carboxylic acids is 2. The van der Waals surface area contributed by atoms with Gasteiger partial charge in [0.1, 0.15) is 0 Å². The second-order valence-electron chi connectivity index (χ2n) is 5.01. The van der Waals surface area contributed by atoms with E-state index in [4.69, 9.17) is 0 Å². The van der Waals surface area contributed by atoms with Crippen LogP contribution in [0.4, 0.5) is 5.69 Å². The second-order valence-corrected chi connectivity index (χ2v) is 5.01. The van der Waals surface area contributed by atoms with Gasteiger partial charge in [-0.15, -0.1) is 0 Å². The third kappa shape index (κ3) is 2.00. The van der Waals surface area contributed by atoms with Crippen LogP contribution in [0.3, 0.4) is 0 Å². The molecule has 0 fully saturated rings. The molecule has 2 N–H and O–H groups in total. The van der Waals surface area contributed by atoms with Gasteiger partial charge in [-0.05, 0) is 18.2 Å². The lowest BCUT2D eigenvalue weighted by Crippen LogP contribution is -2.08. The van der Waals surface area contributed by atoms with Gasteiger partial charge in [0.15, 0.2) is 0 Å². The van der Waals surface area contributed by atoms with Gasteiger partial charge in [0.05, 0.1) is 16.1 Å². The lowest BCUT2D eigenvalue weighted by molar-refractivity contribution is -0.384. The second kappa shape index (κ2) is 4.80. The molecule has 0 amide bonds. The predicted octanol–water partition coefficient (Wildman–Crippen LogP) is 2.64. The van der Waals surface area contributed by atoms with E-state index in [1.807, 2.05) is 0 Å². The Balaban J connectivity index is 2.59. The Morgan fingerprint density at radius 2 is 1.74 bits per heavy atom. The highest BCUT2D eigenvalue weighted by Crippen LogP contribution is 2.34. The Hall–Kier alpha value is -3.42. The molecule has 1 aromatic heterocycles. The topological polar surface area (TPSA) is 123 Å². The highest BCUT2D eigenvalue weighted by molar-refractivity contribution is 6.20. The molecular formula is C15H10N2O6. The van der Waals surface area contributed by atoms with Crippen LogP contribution < -0.4 is 0 Å². The van der Waals surface area contributed by atoms with E-state index in [1.54, 1.807) is 11.6 Å². The van der Waals surface area contributed by atoms with E-state index in [-0.39, 0.29) is 22.2 Å². The Morgan fingerprint density at radius 1 is 1.09 bits per heavy atom. The highest BCUT2D eigenvalue weighted by atomic mass is 16.6. The van der Waals surface area contributed by atoms with Crippen LogP contribution in [0.1, 0.15) is 20.7 Å². The van der Waals surface area contributed by atoms with E-state index in [2.05, 4.69) is 0 Å². The maximum Gasteiger partial charge on any atom is 0.337 e. The third-order valence-electron chi connectivity index (χ3n) is 3.81. The summed E-state index contributed by atoms with van der Waals surface area (Å²) in [5.74, 6) is -2.77. The first-order valence-corrected chi connectivity index (χ1v) is 6.49. The molecule has 0 aliphatic heterocycles. The van der Waals surface area contributed by atoms with E-state index in [1.165, 1.54) is 30.3 Å². The number of benzene rings is 2. The van der Waals surface area contributed by atoms with Crippen LogP contribution >= 0.6 is 0 Å². The zero-order chi connectivity index (χ0) is 16.9. The fourth-order valence-electron chi connectivity index (χ4n) is 2.80. The summed E-state index contributed by atoms with van der Waals surface area (Å²) >= 11 is 0. The third-order valence-corrected chi connectivity index (χ3v) is 3.81. The van der Waals surface area contributed by atoms with Crippen molar-refractivity contribution in [2.75, 3.05) is 0 Å². The number of hydrogen-bond donors (Lipinski definition) is 2. The number of carboxylic acids is 2. The summed E-state index contributed by atoms with van der Waals surface area (Å²) in [4.78, 5) is 33.3. The average Bonchev–Trinajstić information content (AvgIpc) is 2.78. The molecule has 116 valence electrons. The minimum Gasteiger partial charge on any atom is -0.478 e. The number of aryl methyl sites for hydroxylation is 1. The zero-order valence-electron chi connectivity index (χ0n) is 11.8. The fraction of sp³-hybridized carbons (Fsp3) is 0.0667. The fourth-order valence-corrected chi connectivity index (χ4v) is 2.80. The van der Waals surface area contributed by atoms with Crippen molar-refractivity contribution < 1.29 is 24.7 Å². The van der Waals surface area contributed by atoms with Gasteiger partial charge in [-0.25, -0.2) is 9.59 Å². The molecule has 23 heavy (non-hydrogen) atoms. The van der Waals surface area contributed by atoms with Crippen molar-refractivity contribution in [2.24, 2.45) is 7.05 Å². The molecule has 0 unspecified atom stereocenters. The molecular weight excluding hydrogens is 304 g/mol. The van der Waals surface area contributed by atoms with E-state index < -0.39 is 16.9 Å². The van der Waals surface area contributed by atoms with Gasteiger partial charge >= 0.3 is 11.9 Å². The Kier molecular flexibility index (Phi) is 3.03. The summed E-state index contributed by atoms with van der Waals surface area (Å²) in [5.41, 5.74) is 0.144. The molecule has 0 bridgehead atoms. The van der Waals surface area contributed by atoms with Gasteiger partial charge in [0.25, 0.3) is 5.69 Å². The molecule has 0 atom stereocenters. The lowest BCUT2D eigenvalue weighted by atomic mass is 10.0. The molecule has 0 saturated carbocycles. The van der Waals surface area contributed by atoms with Crippen LogP contribution in [0, 0.1) is 10.1 Å². The molecule has 2 aromatic carbocycles. The molecule has 0 spiro atoms. The first-order chi connectivity index (χ1) is 10.8. The van der Waals surface area contributed by atoms with Crippen molar-refractivity contribution in [3.63, 3.8) is 0 Å². The number of non-ortho nitro benzene ring substituents is 1. The van der Waals surface area contributed by atoms with Crippen molar-refractivity contribution in [2.45, 2.75) is 0 Å². The van der Waals surface area contributed by atoms with Gasteiger partial charge in [0.2, 0.25) is 0 Å². The Morgan fingerprint density at radius 3 is 2.30 bits per heavy atom. The van der Waals surface area contributed by atoms with Gasteiger partial charge in [0, 0.05) is 41.0 Å². The van der Waals surface area contributed by atoms with E-state index in [9.17, 15) is 29.9 Å². The van der Waals surface area contributed by atoms with Crippen LogP contribution in [-0.2, 0) is 7.05 Å². The zero-order valence-corrected chi connectivity index (χ0v) is 11.8. The molecule has 8 heteroatoms.